The van der Waals surface area contributed by atoms with Crippen LogP contribution in [0.5, 0.6) is 0 Å². The predicted octanol–water partition coefficient (Wildman–Crippen LogP) is 3.02. The predicted molar refractivity (Wildman–Crippen MR) is 107 cm³/mol. The second kappa shape index (κ2) is 10.0. The molecule has 0 aliphatic carbocycles. The summed E-state index contributed by atoms with van der Waals surface area (Å²) in [6.07, 6.45) is 0. The third-order valence-corrected chi connectivity index (χ3v) is 6.18. The zero-order chi connectivity index (χ0) is 19.9. The van der Waals surface area contributed by atoms with Crippen molar-refractivity contribution < 1.29 is 13.2 Å². The van der Waals surface area contributed by atoms with E-state index in [9.17, 15) is 13.2 Å². The molecule has 1 aromatic rings. The molecule has 1 aromatic carbocycles. The van der Waals surface area contributed by atoms with Gasteiger partial charge < -0.3 is 5.32 Å². The molecule has 0 aliphatic heterocycles. The van der Waals surface area contributed by atoms with E-state index in [-0.39, 0.29) is 23.4 Å². The number of nitrogens with zero attached hydrogens (tertiary/aromatic N) is 2. The Morgan fingerprint density at radius 3 is 2.23 bits per heavy atom. The molecule has 0 bridgehead atoms. The molecular weight excluding hydrogens is 350 g/mol. The number of carbonyl (C=O) groups excluding carboxylic acids is 1. The van der Waals surface area contributed by atoms with E-state index < -0.39 is 10.0 Å². The van der Waals surface area contributed by atoms with Gasteiger partial charge >= 0.3 is 0 Å². The number of benzene rings is 1. The fourth-order valence-corrected chi connectivity index (χ4v) is 4.26. The third-order valence-electron chi connectivity index (χ3n) is 4.14. The summed E-state index contributed by atoms with van der Waals surface area (Å²) in [5.41, 5.74) is 0.497. The molecule has 1 N–H and O–H groups in total. The minimum atomic E-state index is -3.54. The number of anilines is 1. The number of rotatable bonds is 10. The van der Waals surface area contributed by atoms with Crippen LogP contribution in [0.25, 0.3) is 0 Å². The van der Waals surface area contributed by atoms with Crippen molar-refractivity contribution in [3.63, 3.8) is 0 Å². The summed E-state index contributed by atoms with van der Waals surface area (Å²) in [6.45, 7) is 13.9. The minimum absolute atomic E-state index is 0.142. The smallest absolute Gasteiger partial charge is 0.243 e. The Balaban J connectivity index is 2.90. The first-order valence-corrected chi connectivity index (χ1v) is 10.7. The van der Waals surface area contributed by atoms with Crippen LogP contribution < -0.4 is 5.32 Å². The molecule has 0 aliphatic rings. The fraction of sp³-hybridized carbons (Fsp3) is 0.632. The number of hydrogen-bond donors (Lipinski definition) is 1. The quantitative estimate of drug-likeness (QED) is 0.674. The van der Waals surface area contributed by atoms with Crippen LogP contribution in [0.1, 0.15) is 41.5 Å². The van der Waals surface area contributed by atoms with E-state index in [4.69, 9.17) is 0 Å². The van der Waals surface area contributed by atoms with E-state index in [0.29, 0.717) is 24.7 Å². The van der Waals surface area contributed by atoms with E-state index in [1.54, 1.807) is 18.2 Å². The number of carbonyl (C=O) groups is 1. The molecule has 6 nitrogen and oxygen atoms in total. The van der Waals surface area contributed by atoms with Gasteiger partial charge in [-0.2, -0.15) is 4.31 Å². The highest BCUT2D eigenvalue weighted by Gasteiger charge is 2.22. The fourth-order valence-electron chi connectivity index (χ4n) is 2.76. The molecule has 0 aromatic heterocycles. The second-order valence-corrected chi connectivity index (χ2v) is 9.02. The Morgan fingerprint density at radius 1 is 1.12 bits per heavy atom. The summed E-state index contributed by atoms with van der Waals surface area (Å²) < 4.78 is 26.7. The van der Waals surface area contributed by atoms with Crippen molar-refractivity contribution >= 4 is 21.6 Å². The Hall–Kier alpha value is -1.44. The summed E-state index contributed by atoms with van der Waals surface area (Å²) in [4.78, 5) is 14.7. The van der Waals surface area contributed by atoms with Gasteiger partial charge in [-0.25, -0.2) is 8.42 Å². The lowest BCUT2D eigenvalue weighted by Crippen LogP contribution is -2.40. The van der Waals surface area contributed by atoms with E-state index in [1.807, 2.05) is 13.8 Å². The largest absolute Gasteiger partial charge is 0.325 e. The molecule has 0 fully saturated rings. The zero-order valence-corrected chi connectivity index (χ0v) is 17.6. The normalized spacial score (nSPS) is 12.4. The summed E-state index contributed by atoms with van der Waals surface area (Å²) in [6, 6.07) is 6.70. The van der Waals surface area contributed by atoms with Crippen LogP contribution in [0.4, 0.5) is 5.69 Å². The van der Waals surface area contributed by atoms with Crippen LogP contribution in [-0.2, 0) is 14.8 Å². The topological polar surface area (TPSA) is 69.7 Å². The molecule has 0 heterocycles. The van der Waals surface area contributed by atoms with Gasteiger partial charge in [0.15, 0.2) is 0 Å². The number of hydrogen-bond acceptors (Lipinski definition) is 4. The Morgan fingerprint density at radius 2 is 1.73 bits per heavy atom. The van der Waals surface area contributed by atoms with Crippen LogP contribution in [0, 0.1) is 5.92 Å². The first kappa shape index (κ1) is 22.6. The highest BCUT2D eigenvalue weighted by atomic mass is 32.2. The van der Waals surface area contributed by atoms with Gasteiger partial charge in [-0.1, -0.05) is 33.8 Å². The monoisotopic (exact) mass is 383 g/mol. The molecule has 7 heteroatoms. The van der Waals surface area contributed by atoms with Crippen molar-refractivity contribution in [1.29, 1.82) is 0 Å². The zero-order valence-electron chi connectivity index (χ0n) is 16.8. The lowest BCUT2D eigenvalue weighted by atomic mass is 10.2. The molecule has 1 rings (SSSR count). The van der Waals surface area contributed by atoms with Gasteiger partial charge in [-0.05, 0) is 38.0 Å². The van der Waals surface area contributed by atoms with Crippen molar-refractivity contribution in [2.24, 2.45) is 5.92 Å². The lowest BCUT2D eigenvalue weighted by Gasteiger charge is -2.27. The van der Waals surface area contributed by atoms with E-state index in [2.05, 4.69) is 37.9 Å². The van der Waals surface area contributed by atoms with Gasteiger partial charge in [0.05, 0.1) is 11.4 Å². The Bertz CT molecular complexity index is 683. The molecule has 26 heavy (non-hydrogen) atoms. The maximum atomic E-state index is 12.6. The Labute approximate surface area is 158 Å². The molecule has 1 amide bonds. The summed E-state index contributed by atoms with van der Waals surface area (Å²) in [5.74, 6) is 0.324. The van der Waals surface area contributed by atoms with E-state index in [0.717, 1.165) is 6.54 Å². The van der Waals surface area contributed by atoms with Crippen molar-refractivity contribution in [2.75, 3.05) is 31.5 Å². The molecule has 148 valence electrons. The average Bonchev–Trinajstić information content (AvgIpc) is 2.54. The summed E-state index contributed by atoms with van der Waals surface area (Å²) in [7, 11) is -3.54. The highest BCUT2D eigenvalue weighted by molar-refractivity contribution is 7.89. The van der Waals surface area contributed by atoms with Crippen LogP contribution in [0.2, 0.25) is 0 Å². The number of sulfonamides is 1. The maximum Gasteiger partial charge on any atom is 0.243 e. The second-order valence-electron chi connectivity index (χ2n) is 7.08. The van der Waals surface area contributed by atoms with E-state index >= 15 is 0 Å². The molecule has 0 saturated carbocycles. The van der Waals surface area contributed by atoms with Crippen molar-refractivity contribution in [2.45, 2.75) is 52.5 Å². The molecule has 0 spiro atoms. The molecule has 0 unspecified atom stereocenters. The first-order chi connectivity index (χ1) is 12.1. The summed E-state index contributed by atoms with van der Waals surface area (Å²) in [5, 5.41) is 2.82. The van der Waals surface area contributed by atoms with Crippen molar-refractivity contribution in [3.8, 4) is 0 Å². The Kier molecular flexibility index (Phi) is 8.73. The molecule has 0 radical (unpaired) electrons. The van der Waals surface area contributed by atoms with Gasteiger partial charge in [0, 0.05) is 31.4 Å². The van der Waals surface area contributed by atoms with E-state index in [1.165, 1.54) is 10.4 Å². The molecule has 0 atom stereocenters. The van der Waals surface area contributed by atoms with Gasteiger partial charge in [0.1, 0.15) is 0 Å². The van der Waals surface area contributed by atoms with Crippen LogP contribution in [0.3, 0.4) is 0 Å². The van der Waals surface area contributed by atoms with Crippen LogP contribution in [0.15, 0.2) is 29.2 Å². The third kappa shape index (κ3) is 6.37. The van der Waals surface area contributed by atoms with Gasteiger partial charge in [-0.15, -0.1) is 0 Å². The molecule has 0 saturated heterocycles. The van der Waals surface area contributed by atoms with Crippen molar-refractivity contribution in [1.82, 2.24) is 9.21 Å². The highest BCUT2D eigenvalue weighted by Crippen LogP contribution is 2.19. The maximum absolute atomic E-state index is 12.6. The summed E-state index contributed by atoms with van der Waals surface area (Å²) >= 11 is 0. The van der Waals surface area contributed by atoms with Crippen LogP contribution in [-0.4, -0.2) is 55.8 Å². The average molecular weight is 384 g/mol. The van der Waals surface area contributed by atoms with Crippen molar-refractivity contribution in [3.05, 3.63) is 24.3 Å². The van der Waals surface area contributed by atoms with Gasteiger partial charge in [-0.3, -0.25) is 9.69 Å². The number of nitrogens with one attached hydrogen (secondary N) is 1. The van der Waals surface area contributed by atoms with Gasteiger partial charge in [0.2, 0.25) is 15.9 Å². The number of amides is 1. The first-order valence-electron chi connectivity index (χ1n) is 9.25. The molecular formula is C19H33N3O3S. The minimum Gasteiger partial charge on any atom is -0.325 e. The lowest BCUT2D eigenvalue weighted by molar-refractivity contribution is -0.117. The van der Waals surface area contributed by atoms with Gasteiger partial charge in [0.25, 0.3) is 0 Å². The van der Waals surface area contributed by atoms with Crippen LogP contribution >= 0.6 is 0 Å². The SMILES string of the molecule is CCN(CC)S(=O)(=O)c1cccc(NC(=O)CN(CC(C)C)C(C)C)c1. The standard InChI is InChI=1S/C19H33N3O3S/c1-7-22(8-2)26(24,25)18-11-9-10-17(12-18)20-19(23)14-21(16(5)6)13-15(3)4/h9-12,15-16H,7-8,13-14H2,1-6H3,(H,20,23).